The highest BCUT2D eigenvalue weighted by molar-refractivity contribution is 14.0. The zero-order valence-electron chi connectivity index (χ0n) is 18.6. The Hall–Kier alpha value is -1.77. The molecule has 0 saturated heterocycles. The Bertz CT molecular complexity index is 796. The third-order valence-electron chi connectivity index (χ3n) is 4.50. The first-order valence-corrected chi connectivity index (χ1v) is 9.88. The number of aromatic nitrogens is 1. The lowest BCUT2D eigenvalue weighted by Crippen LogP contribution is -2.36. The molecule has 0 bridgehead atoms. The predicted octanol–water partition coefficient (Wildman–Crippen LogP) is 4.94. The number of halogens is 1. The van der Waals surface area contributed by atoms with Gasteiger partial charge in [-0.2, -0.15) is 0 Å². The van der Waals surface area contributed by atoms with Gasteiger partial charge >= 0.3 is 0 Å². The Morgan fingerprint density at radius 3 is 2.52 bits per heavy atom. The minimum absolute atomic E-state index is 0. The van der Waals surface area contributed by atoms with Crippen molar-refractivity contribution in [3.05, 3.63) is 47.2 Å². The van der Waals surface area contributed by atoms with Crippen LogP contribution in [0.5, 0.6) is 5.75 Å². The number of rotatable bonds is 7. The molecule has 7 heteroatoms. The summed E-state index contributed by atoms with van der Waals surface area (Å²) in [7, 11) is 1.75. The number of nitrogens with one attached hydrogen (secondary N) is 2. The molecule has 162 valence electrons. The lowest BCUT2D eigenvalue weighted by Gasteiger charge is -2.18. The van der Waals surface area contributed by atoms with Crippen molar-refractivity contribution in [2.75, 3.05) is 7.05 Å². The number of hydrogen-bond acceptors (Lipinski definition) is 4. The van der Waals surface area contributed by atoms with Crippen molar-refractivity contribution in [3.63, 3.8) is 0 Å². The molecule has 1 heterocycles. The SMILES string of the molecule is CCC(C)Oc1cc(C)ccc1CNC(=NC)NCc1ncc(C(C)(C)C)o1.I. The highest BCUT2D eigenvalue weighted by Gasteiger charge is 2.19. The maximum absolute atomic E-state index is 6.08. The quantitative estimate of drug-likeness (QED) is 0.311. The van der Waals surface area contributed by atoms with Crippen LogP contribution in [0, 0.1) is 6.92 Å². The summed E-state index contributed by atoms with van der Waals surface area (Å²) in [4.78, 5) is 8.62. The number of benzene rings is 1. The first-order valence-electron chi connectivity index (χ1n) is 9.88. The van der Waals surface area contributed by atoms with Crippen molar-refractivity contribution in [2.45, 2.75) is 72.6 Å². The molecule has 2 aromatic rings. The summed E-state index contributed by atoms with van der Waals surface area (Å²) in [6.07, 6.45) is 2.94. The van der Waals surface area contributed by atoms with E-state index in [1.165, 1.54) is 5.56 Å². The van der Waals surface area contributed by atoms with E-state index in [-0.39, 0.29) is 35.5 Å². The van der Waals surface area contributed by atoms with Gasteiger partial charge in [0, 0.05) is 24.6 Å². The van der Waals surface area contributed by atoms with Crippen LogP contribution in [-0.4, -0.2) is 24.1 Å². The lowest BCUT2D eigenvalue weighted by atomic mass is 9.94. The van der Waals surface area contributed by atoms with Gasteiger partial charge in [0.2, 0.25) is 5.89 Å². The molecular weight excluding hydrogens is 479 g/mol. The molecule has 29 heavy (non-hydrogen) atoms. The molecule has 2 N–H and O–H groups in total. The average molecular weight is 514 g/mol. The summed E-state index contributed by atoms with van der Waals surface area (Å²) >= 11 is 0. The highest BCUT2D eigenvalue weighted by Crippen LogP contribution is 2.23. The number of nitrogens with zero attached hydrogens (tertiary/aromatic N) is 2. The minimum atomic E-state index is -0.0529. The predicted molar refractivity (Wildman–Crippen MR) is 129 cm³/mol. The first-order chi connectivity index (χ1) is 13.2. The molecule has 1 unspecified atom stereocenters. The fraction of sp³-hybridized carbons (Fsp3) is 0.545. The van der Waals surface area contributed by atoms with E-state index in [9.17, 15) is 0 Å². The standard InChI is InChI=1S/C22H34N4O2.HI/c1-8-16(3)27-18-11-15(2)9-10-17(18)12-25-21(23-7)26-14-20-24-13-19(28-20)22(4,5)6;/h9-11,13,16H,8,12,14H2,1-7H3,(H2,23,25,26);1H. The molecule has 0 fully saturated rings. The Balaban J connectivity index is 0.00000420. The van der Waals surface area contributed by atoms with E-state index >= 15 is 0 Å². The summed E-state index contributed by atoms with van der Waals surface area (Å²) in [5, 5.41) is 6.58. The van der Waals surface area contributed by atoms with Gasteiger partial charge in [0.05, 0.1) is 18.8 Å². The second-order valence-corrected chi connectivity index (χ2v) is 8.10. The monoisotopic (exact) mass is 514 g/mol. The van der Waals surface area contributed by atoms with E-state index in [2.05, 4.69) is 80.4 Å². The molecule has 0 aliphatic carbocycles. The van der Waals surface area contributed by atoms with Crippen molar-refractivity contribution in [2.24, 2.45) is 4.99 Å². The summed E-state index contributed by atoms with van der Waals surface area (Å²) < 4.78 is 11.9. The molecule has 0 aliphatic heterocycles. The molecule has 1 atom stereocenters. The van der Waals surface area contributed by atoms with Gasteiger partial charge in [0.25, 0.3) is 0 Å². The largest absolute Gasteiger partial charge is 0.490 e. The summed E-state index contributed by atoms with van der Waals surface area (Å²) in [5.41, 5.74) is 2.23. The van der Waals surface area contributed by atoms with Gasteiger partial charge in [-0.1, -0.05) is 39.8 Å². The molecule has 1 aromatic carbocycles. The molecule has 0 spiro atoms. The van der Waals surface area contributed by atoms with Gasteiger partial charge in [0.15, 0.2) is 5.96 Å². The van der Waals surface area contributed by atoms with E-state index in [0.717, 1.165) is 23.5 Å². The highest BCUT2D eigenvalue weighted by atomic mass is 127. The second-order valence-electron chi connectivity index (χ2n) is 8.10. The average Bonchev–Trinajstić information content (AvgIpc) is 3.12. The molecular formula is C22H35IN4O2. The van der Waals surface area contributed by atoms with Crippen LogP contribution in [0.4, 0.5) is 0 Å². The third-order valence-corrected chi connectivity index (χ3v) is 4.50. The normalized spacial score (nSPS) is 12.9. The Kier molecular flexibility index (Phi) is 9.95. The van der Waals surface area contributed by atoms with Crippen LogP contribution >= 0.6 is 24.0 Å². The molecule has 1 aromatic heterocycles. The van der Waals surface area contributed by atoms with Crippen LogP contribution in [0.15, 0.2) is 33.8 Å². The van der Waals surface area contributed by atoms with Crippen LogP contribution < -0.4 is 15.4 Å². The van der Waals surface area contributed by atoms with Crippen LogP contribution in [0.25, 0.3) is 0 Å². The zero-order valence-corrected chi connectivity index (χ0v) is 21.0. The Morgan fingerprint density at radius 1 is 1.24 bits per heavy atom. The number of aryl methyl sites for hydroxylation is 1. The molecule has 0 saturated carbocycles. The number of ether oxygens (including phenoxy) is 1. The number of hydrogen-bond donors (Lipinski definition) is 2. The smallest absolute Gasteiger partial charge is 0.213 e. The van der Waals surface area contributed by atoms with Gasteiger partial charge < -0.3 is 19.8 Å². The second kappa shape index (κ2) is 11.4. The van der Waals surface area contributed by atoms with Crippen molar-refractivity contribution < 1.29 is 9.15 Å². The molecule has 0 radical (unpaired) electrons. The van der Waals surface area contributed by atoms with Crippen LogP contribution in [0.1, 0.15) is 63.8 Å². The molecule has 0 aliphatic rings. The number of guanidine groups is 1. The Morgan fingerprint density at radius 2 is 1.93 bits per heavy atom. The van der Waals surface area contributed by atoms with Crippen molar-refractivity contribution >= 4 is 29.9 Å². The maximum atomic E-state index is 6.08. The van der Waals surface area contributed by atoms with Gasteiger partial charge in [-0.05, 0) is 31.9 Å². The first kappa shape index (κ1) is 25.3. The van der Waals surface area contributed by atoms with Gasteiger partial charge in [0.1, 0.15) is 11.5 Å². The van der Waals surface area contributed by atoms with E-state index in [0.29, 0.717) is 24.9 Å². The fourth-order valence-corrected chi connectivity index (χ4v) is 2.52. The van der Waals surface area contributed by atoms with Crippen LogP contribution in [-0.2, 0) is 18.5 Å². The van der Waals surface area contributed by atoms with Crippen molar-refractivity contribution in [1.82, 2.24) is 15.6 Å². The van der Waals surface area contributed by atoms with E-state index in [1.54, 1.807) is 13.2 Å². The van der Waals surface area contributed by atoms with E-state index in [4.69, 9.17) is 9.15 Å². The molecule has 6 nitrogen and oxygen atoms in total. The number of oxazole rings is 1. The van der Waals surface area contributed by atoms with E-state index < -0.39 is 0 Å². The third kappa shape index (κ3) is 7.87. The fourth-order valence-electron chi connectivity index (χ4n) is 2.52. The van der Waals surface area contributed by atoms with Gasteiger partial charge in [-0.15, -0.1) is 24.0 Å². The topological polar surface area (TPSA) is 71.7 Å². The van der Waals surface area contributed by atoms with Gasteiger partial charge in [-0.3, -0.25) is 4.99 Å². The van der Waals surface area contributed by atoms with Crippen LogP contribution in [0.2, 0.25) is 0 Å². The van der Waals surface area contributed by atoms with E-state index in [1.807, 2.05) is 0 Å². The summed E-state index contributed by atoms with van der Waals surface area (Å²) in [5.74, 6) is 3.12. The lowest BCUT2D eigenvalue weighted by molar-refractivity contribution is 0.215. The molecule has 2 rings (SSSR count). The summed E-state index contributed by atoms with van der Waals surface area (Å²) in [6, 6.07) is 6.27. The van der Waals surface area contributed by atoms with Crippen molar-refractivity contribution in [3.8, 4) is 5.75 Å². The van der Waals surface area contributed by atoms with Gasteiger partial charge in [-0.25, -0.2) is 4.98 Å². The number of aliphatic imine (C=N–C) groups is 1. The van der Waals surface area contributed by atoms with Crippen molar-refractivity contribution in [1.29, 1.82) is 0 Å². The summed E-state index contributed by atoms with van der Waals surface area (Å²) in [6.45, 7) is 13.7. The Labute approximate surface area is 191 Å². The molecule has 0 amide bonds. The maximum Gasteiger partial charge on any atom is 0.213 e. The zero-order chi connectivity index (χ0) is 20.7. The van der Waals surface area contributed by atoms with Crippen LogP contribution in [0.3, 0.4) is 0 Å². The minimum Gasteiger partial charge on any atom is -0.490 e.